The van der Waals surface area contributed by atoms with Crippen molar-refractivity contribution in [2.45, 2.75) is 65.1 Å². The van der Waals surface area contributed by atoms with E-state index in [4.69, 9.17) is 33.7 Å². The standard InChI is InChI=1S/C9H18ClNO2.C4H10ClN.ClH/c1-7(5-6-10)11-8(12)13-9(2,3)4;1-4(6)2-3-5;/h7H,5-6H2,1-4H3,(H,11,12);4H,2-3,6H2,1H3;1H. The second-order valence-electron chi connectivity index (χ2n) is 5.48. The number of amides is 1. The van der Waals surface area contributed by atoms with Crippen LogP contribution in [0.15, 0.2) is 0 Å². The van der Waals surface area contributed by atoms with Gasteiger partial charge in [0, 0.05) is 23.8 Å². The Hall–Kier alpha value is 0.1000. The third-order valence-corrected chi connectivity index (χ3v) is 2.31. The highest BCUT2D eigenvalue weighted by Crippen LogP contribution is 2.07. The fraction of sp³-hybridized carbons (Fsp3) is 0.923. The van der Waals surface area contributed by atoms with E-state index < -0.39 is 5.60 Å². The number of ether oxygens (including phenoxy) is 1. The molecule has 0 aromatic rings. The van der Waals surface area contributed by atoms with Gasteiger partial charge in [0.25, 0.3) is 0 Å². The predicted molar refractivity (Wildman–Crippen MR) is 90.4 cm³/mol. The number of nitrogens with one attached hydrogen (secondary N) is 1. The molecule has 0 spiro atoms. The lowest BCUT2D eigenvalue weighted by Crippen LogP contribution is -2.37. The van der Waals surface area contributed by atoms with Gasteiger partial charge in [0.1, 0.15) is 5.60 Å². The van der Waals surface area contributed by atoms with E-state index in [-0.39, 0.29) is 30.6 Å². The summed E-state index contributed by atoms with van der Waals surface area (Å²) < 4.78 is 5.06. The van der Waals surface area contributed by atoms with Crippen LogP contribution in [-0.4, -0.2) is 35.5 Å². The predicted octanol–water partition coefficient (Wildman–Crippen LogP) is 3.91. The van der Waals surface area contributed by atoms with Crippen LogP contribution in [0.1, 0.15) is 47.5 Å². The van der Waals surface area contributed by atoms with Gasteiger partial charge in [0.15, 0.2) is 0 Å². The van der Waals surface area contributed by atoms with Crippen LogP contribution in [0.3, 0.4) is 0 Å². The van der Waals surface area contributed by atoms with Gasteiger partial charge in [-0.3, -0.25) is 0 Å². The highest BCUT2D eigenvalue weighted by Gasteiger charge is 2.17. The number of carbonyl (C=O) groups is 1. The third-order valence-electron chi connectivity index (χ3n) is 1.87. The molecule has 124 valence electrons. The summed E-state index contributed by atoms with van der Waals surface area (Å²) in [5.41, 5.74) is 4.88. The molecule has 0 aliphatic rings. The van der Waals surface area contributed by atoms with Crippen molar-refractivity contribution in [3.63, 3.8) is 0 Å². The van der Waals surface area contributed by atoms with Crippen LogP contribution >= 0.6 is 35.6 Å². The van der Waals surface area contributed by atoms with Gasteiger partial charge in [-0.2, -0.15) is 0 Å². The van der Waals surface area contributed by atoms with E-state index in [1.54, 1.807) is 0 Å². The Morgan fingerprint density at radius 2 is 1.65 bits per heavy atom. The van der Waals surface area contributed by atoms with Crippen molar-refractivity contribution in [2.75, 3.05) is 11.8 Å². The van der Waals surface area contributed by atoms with Crippen molar-refractivity contribution in [1.82, 2.24) is 5.32 Å². The van der Waals surface area contributed by atoms with E-state index in [2.05, 4.69) is 5.32 Å². The molecule has 0 heterocycles. The summed E-state index contributed by atoms with van der Waals surface area (Å²) in [5, 5.41) is 2.69. The number of hydrogen-bond donors (Lipinski definition) is 2. The number of nitrogens with two attached hydrogens (primary N) is 1. The average molecular weight is 352 g/mol. The average Bonchev–Trinajstić information content (AvgIpc) is 2.14. The number of hydrogen-bond acceptors (Lipinski definition) is 3. The topological polar surface area (TPSA) is 64.3 Å². The van der Waals surface area contributed by atoms with Gasteiger partial charge in [-0.05, 0) is 47.5 Å². The van der Waals surface area contributed by atoms with E-state index in [1.165, 1.54) is 0 Å². The Kier molecular flexibility index (Phi) is 17.6. The minimum atomic E-state index is -0.440. The molecule has 2 atom stereocenters. The van der Waals surface area contributed by atoms with Crippen molar-refractivity contribution in [3.8, 4) is 0 Å². The van der Waals surface area contributed by atoms with Crippen LogP contribution in [0.4, 0.5) is 4.79 Å². The first-order chi connectivity index (χ1) is 8.62. The Bertz CT molecular complexity index is 234. The van der Waals surface area contributed by atoms with Gasteiger partial charge in [-0.25, -0.2) is 4.79 Å². The molecule has 0 saturated carbocycles. The van der Waals surface area contributed by atoms with Crippen molar-refractivity contribution < 1.29 is 9.53 Å². The number of carbonyl (C=O) groups excluding carboxylic acids is 1. The molecule has 0 saturated heterocycles. The summed E-state index contributed by atoms with van der Waals surface area (Å²) >= 11 is 10.8. The largest absolute Gasteiger partial charge is 0.444 e. The summed E-state index contributed by atoms with van der Waals surface area (Å²) in [6, 6.07) is 0.329. The lowest BCUT2D eigenvalue weighted by Gasteiger charge is -2.21. The van der Waals surface area contributed by atoms with Gasteiger partial charge in [-0.1, -0.05) is 0 Å². The van der Waals surface area contributed by atoms with Gasteiger partial charge in [-0.15, -0.1) is 35.6 Å². The van der Waals surface area contributed by atoms with E-state index in [9.17, 15) is 4.79 Å². The summed E-state index contributed by atoms with van der Waals surface area (Å²) in [5.74, 6) is 1.22. The number of halogens is 3. The maximum atomic E-state index is 11.2. The molecule has 0 aliphatic heterocycles. The Labute approximate surface area is 139 Å². The van der Waals surface area contributed by atoms with Crippen LogP contribution in [-0.2, 0) is 4.74 Å². The number of rotatable bonds is 5. The molecule has 1 amide bonds. The van der Waals surface area contributed by atoms with Crippen molar-refractivity contribution in [1.29, 1.82) is 0 Å². The fourth-order valence-corrected chi connectivity index (χ4v) is 1.59. The maximum Gasteiger partial charge on any atom is 0.407 e. The Morgan fingerprint density at radius 1 is 1.20 bits per heavy atom. The van der Waals surface area contributed by atoms with Crippen molar-refractivity contribution in [2.24, 2.45) is 5.73 Å². The van der Waals surface area contributed by atoms with E-state index in [1.807, 2.05) is 34.6 Å². The number of alkyl halides is 2. The molecule has 2 unspecified atom stereocenters. The molecule has 0 aliphatic carbocycles. The second kappa shape index (κ2) is 14.1. The molecule has 7 heteroatoms. The first-order valence-electron chi connectivity index (χ1n) is 6.49. The second-order valence-corrected chi connectivity index (χ2v) is 6.24. The van der Waals surface area contributed by atoms with Crippen LogP contribution in [0.2, 0.25) is 0 Å². The lowest BCUT2D eigenvalue weighted by atomic mass is 10.2. The summed E-state index contributed by atoms with van der Waals surface area (Å²) in [6.45, 7) is 9.34. The molecule has 0 fully saturated rings. The van der Waals surface area contributed by atoms with Gasteiger partial charge >= 0.3 is 6.09 Å². The lowest BCUT2D eigenvalue weighted by molar-refractivity contribution is 0.0508. The monoisotopic (exact) mass is 350 g/mol. The molecular weight excluding hydrogens is 323 g/mol. The van der Waals surface area contributed by atoms with E-state index >= 15 is 0 Å². The molecule has 3 N–H and O–H groups in total. The zero-order valence-corrected chi connectivity index (χ0v) is 15.4. The molecule has 4 nitrogen and oxygen atoms in total. The van der Waals surface area contributed by atoms with Crippen molar-refractivity contribution in [3.05, 3.63) is 0 Å². The van der Waals surface area contributed by atoms with Crippen LogP contribution in [0, 0.1) is 0 Å². The normalized spacial score (nSPS) is 13.2. The molecule has 0 rings (SSSR count). The third kappa shape index (κ3) is 23.2. The van der Waals surface area contributed by atoms with E-state index in [0.717, 1.165) is 12.8 Å². The quantitative estimate of drug-likeness (QED) is 0.738. The molecule has 0 bridgehead atoms. The molecule has 0 aromatic carbocycles. The highest BCUT2D eigenvalue weighted by molar-refractivity contribution is 6.18. The van der Waals surface area contributed by atoms with Crippen LogP contribution in [0.5, 0.6) is 0 Å². The minimum absolute atomic E-state index is 0. The van der Waals surface area contributed by atoms with E-state index in [0.29, 0.717) is 11.8 Å². The van der Waals surface area contributed by atoms with Gasteiger partial charge in [0.05, 0.1) is 0 Å². The summed E-state index contributed by atoms with van der Waals surface area (Å²) in [7, 11) is 0. The van der Waals surface area contributed by atoms with Gasteiger partial charge in [0.2, 0.25) is 0 Å². The summed E-state index contributed by atoms with van der Waals surface area (Å²) in [6.07, 6.45) is 1.28. The van der Waals surface area contributed by atoms with Crippen LogP contribution < -0.4 is 11.1 Å². The Balaban J connectivity index is -0.000000352. The SMILES string of the molecule is CC(CCCl)NC(=O)OC(C)(C)C.CC(N)CCCl.Cl. The Morgan fingerprint density at radius 3 is 1.90 bits per heavy atom. The van der Waals surface area contributed by atoms with Crippen LogP contribution in [0.25, 0.3) is 0 Å². The maximum absolute atomic E-state index is 11.2. The number of alkyl carbamates (subject to hydrolysis) is 1. The first-order valence-corrected chi connectivity index (χ1v) is 7.56. The summed E-state index contributed by atoms with van der Waals surface area (Å²) in [4.78, 5) is 11.2. The first kappa shape index (κ1) is 25.1. The zero-order valence-electron chi connectivity index (χ0n) is 13.0. The highest BCUT2D eigenvalue weighted by atomic mass is 35.5. The fourth-order valence-electron chi connectivity index (χ4n) is 0.917. The smallest absolute Gasteiger partial charge is 0.407 e. The van der Waals surface area contributed by atoms with Crippen molar-refractivity contribution >= 4 is 41.7 Å². The zero-order chi connectivity index (χ0) is 15.5. The molecule has 20 heavy (non-hydrogen) atoms. The van der Waals surface area contributed by atoms with Gasteiger partial charge < -0.3 is 15.8 Å². The molecular formula is C13H29Cl3N2O2. The molecule has 0 radical (unpaired) electrons. The minimum Gasteiger partial charge on any atom is -0.444 e. The molecule has 0 aromatic heterocycles.